The van der Waals surface area contributed by atoms with Gasteiger partial charge in [0.1, 0.15) is 12.2 Å². The smallest absolute Gasteiger partial charge is 0.278 e. The van der Waals surface area contributed by atoms with Crippen LogP contribution in [0, 0.1) is 0 Å². The van der Waals surface area contributed by atoms with Crippen LogP contribution in [0.1, 0.15) is 6.92 Å². The fourth-order valence-corrected chi connectivity index (χ4v) is 7.90. The molecule has 32 heavy (non-hydrogen) atoms. The molecule has 0 aliphatic rings. The minimum absolute atomic E-state index is 0.117. The lowest BCUT2D eigenvalue weighted by molar-refractivity contribution is -0.0558. The van der Waals surface area contributed by atoms with E-state index in [1.807, 2.05) is 6.21 Å². The summed E-state index contributed by atoms with van der Waals surface area (Å²) in [4.78, 5) is 0. The third-order valence-electron chi connectivity index (χ3n) is 3.65. The quantitative estimate of drug-likeness (QED) is 0.139. The third-order valence-corrected chi connectivity index (χ3v) is 8.32. The minimum Gasteiger partial charge on any atom is -0.456 e. The topological polar surface area (TPSA) is 58.5 Å². The zero-order valence-electron chi connectivity index (χ0n) is 23.9. The van der Waals surface area contributed by atoms with Crippen LogP contribution < -0.4 is 0 Å². The van der Waals surface area contributed by atoms with Crippen LogP contribution in [0.4, 0.5) is 0 Å². The van der Waals surface area contributed by atoms with Crippen LogP contribution >= 0.6 is 0 Å². The Morgan fingerprint density at radius 3 is 1.22 bits per heavy atom. The molecule has 0 aliphatic carbocycles. The van der Waals surface area contributed by atoms with E-state index >= 15 is 0 Å². The standard InChI is InChI=1S/C21H53NO5Si5/c1-18(23-28(2,3)4)20(25-30(8,9)10)21(26-31(11,12)13)19(24-29(5,6)7)17-22-27-32(14,15)16/h17-21H,1-16H3/t18?,19?,20-,21?/m0/s1. The second-order valence-corrected chi connectivity index (χ2v) is 35.7. The molecule has 4 atom stereocenters. The van der Waals surface area contributed by atoms with Crippen molar-refractivity contribution in [1.82, 2.24) is 0 Å². The largest absolute Gasteiger partial charge is 0.456 e. The zero-order valence-corrected chi connectivity index (χ0v) is 28.9. The molecule has 11 heteroatoms. The summed E-state index contributed by atoms with van der Waals surface area (Å²) >= 11 is 0. The van der Waals surface area contributed by atoms with Crippen LogP contribution in [-0.4, -0.2) is 72.2 Å². The molecule has 0 heterocycles. The van der Waals surface area contributed by atoms with Gasteiger partial charge in [-0.25, -0.2) is 0 Å². The molecule has 6 nitrogen and oxygen atoms in total. The zero-order chi connectivity index (χ0) is 25.8. The van der Waals surface area contributed by atoms with Gasteiger partial charge >= 0.3 is 0 Å². The van der Waals surface area contributed by atoms with Gasteiger partial charge in [-0.15, -0.1) is 5.16 Å². The molecule has 0 bridgehead atoms. The fraction of sp³-hybridized carbons (Fsp3) is 0.952. The van der Waals surface area contributed by atoms with Gasteiger partial charge in [0, 0.05) is 0 Å². The van der Waals surface area contributed by atoms with Gasteiger partial charge in [0.25, 0.3) is 8.32 Å². The molecule has 0 aliphatic heterocycles. The molecular weight excluding hydrogens is 487 g/mol. The van der Waals surface area contributed by atoms with Crippen molar-refractivity contribution in [1.29, 1.82) is 0 Å². The maximum atomic E-state index is 6.81. The molecule has 0 amide bonds. The summed E-state index contributed by atoms with van der Waals surface area (Å²) in [6.45, 7) is 34.9. The third kappa shape index (κ3) is 16.9. The number of nitrogens with zero attached hydrogens (tertiary/aromatic N) is 1. The Hall–Kier alpha value is 0.394. The van der Waals surface area contributed by atoms with Gasteiger partial charge in [0.2, 0.25) is 0 Å². The summed E-state index contributed by atoms with van der Waals surface area (Å²) in [5, 5.41) is 4.38. The van der Waals surface area contributed by atoms with Gasteiger partial charge in [0.05, 0.1) is 18.4 Å². The SMILES string of the molecule is CC(O[Si](C)(C)C)[C@H](O[Si](C)(C)C)C(O[Si](C)(C)C)C(C=NO[Si](C)(C)C)O[Si](C)(C)C. The van der Waals surface area contributed by atoms with Gasteiger partial charge in [0.15, 0.2) is 33.3 Å². The van der Waals surface area contributed by atoms with Gasteiger partial charge < -0.3 is 22.2 Å². The number of rotatable bonds is 14. The van der Waals surface area contributed by atoms with Gasteiger partial charge in [-0.2, -0.15) is 0 Å². The van der Waals surface area contributed by atoms with Crippen molar-refractivity contribution < 1.29 is 22.2 Å². The van der Waals surface area contributed by atoms with Crippen LogP contribution in [0.25, 0.3) is 0 Å². The van der Waals surface area contributed by atoms with E-state index in [4.69, 9.17) is 22.2 Å². The Kier molecular flexibility index (Phi) is 12.0. The fourth-order valence-electron chi connectivity index (χ4n) is 3.03. The van der Waals surface area contributed by atoms with E-state index in [9.17, 15) is 0 Å². The van der Waals surface area contributed by atoms with Gasteiger partial charge in [-0.1, -0.05) is 0 Å². The molecule has 192 valence electrons. The second-order valence-electron chi connectivity index (χ2n) is 13.5. The highest BCUT2D eigenvalue weighted by molar-refractivity contribution is 6.71. The van der Waals surface area contributed by atoms with E-state index in [0.29, 0.717) is 0 Å². The summed E-state index contributed by atoms with van der Waals surface area (Å²) in [7, 11) is -9.35. The molecule has 0 aromatic rings. The summed E-state index contributed by atoms with van der Waals surface area (Å²) in [5.41, 5.74) is 0. The first-order chi connectivity index (χ1) is 13.9. The van der Waals surface area contributed by atoms with E-state index in [0.717, 1.165) is 0 Å². The molecule has 0 spiro atoms. The highest BCUT2D eigenvalue weighted by Crippen LogP contribution is 2.27. The maximum Gasteiger partial charge on any atom is 0.278 e. The van der Waals surface area contributed by atoms with Crippen molar-refractivity contribution in [2.24, 2.45) is 5.16 Å². The van der Waals surface area contributed by atoms with Crippen molar-refractivity contribution in [3.8, 4) is 0 Å². The van der Waals surface area contributed by atoms with Crippen molar-refractivity contribution in [3.63, 3.8) is 0 Å². The van der Waals surface area contributed by atoms with E-state index in [2.05, 4.69) is 110 Å². The number of hydrogen-bond donors (Lipinski definition) is 0. The van der Waals surface area contributed by atoms with Crippen LogP contribution in [0.2, 0.25) is 98.2 Å². The average molecular weight is 540 g/mol. The van der Waals surface area contributed by atoms with Crippen molar-refractivity contribution in [2.75, 3.05) is 0 Å². The molecule has 0 N–H and O–H groups in total. The molecule has 0 fully saturated rings. The Balaban J connectivity index is 6.42. The van der Waals surface area contributed by atoms with E-state index in [-0.39, 0.29) is 24.4 Å². The van der Waals surface area contributed by atoms with Crippen molar-refractivity contribution in [3.05, 3.63) is 0 Å². The normalized spacial score (nSPS) is 18.5. The van der Waals surface area contributed by atoms with Crippen LogP contribution in [-0.2, 0) is 22.2 Å². The van der Waals surface area contributed by atoms with Crippen LogP contribution in [0.15, 0.2) is 5.16 Å². The first kappa shape index (κ1) is 32.4. The monoisotopic (exact) mass is 539 g/mol. The predicted octanol–water partition coefficient (Wildman–Crippen LogP) is 6.72. The van der Waals surface area contributed by atoms with E-state index < -0.39 is 41.6 Å². The highest BCUT2D eigenvalue weighted by Gasteiger charge is 2.43. The average Bonchev–Trinajstić information content (AvgIpc) is 2.43. The number of oxime groups is 1. The van der Waals surface area contributed by atoms with Crippen LogP contribution in [0.5, 0.6) is 0 Å². The summed E-state index contributed by atoms with van der Waals surface area (Å²) in [6.07, 6.45) is 0.760. The van der Waals surface area contributed by atoms with Gasteiger partial charge in [-0.05, 0) is 105 Å². The molecule has 0 aromatic carbocycles. The highest BCUT2D eigenvalue weighted by atomic mass is 28.4. The molecular formula is C21H53NO5Si5. The Bertz CT molecular complexity index is 586. The Morgan fingerprint density at radius 2 is 0.875 bits per heavy atom. The first-order valence-electron chi connectivity index (χ1n) is 11.8. The lowest BCUT2D eigenvalue weighted by atomic mass is 10.1. The molecule has 0 radical (unpaired) electrons. The molecule has 3 unspecified atom stereocenters. The first-order valence-corrected chi connectivity index (χ1v) is 28.9. The summed E-state index contributed by atoms with van der Waals surface area (Å²) in [5.74, 6) is 0. The summed E-state index contributed by atoms with van der Waals surface area (Å²) < 4.78 is 32.6. The van der Waals surface area contributed by atoms with Crippen LogP contribution in [0.3, 0.4) is 0 Å². The van der Waals surface area contributed by atoms with Gasteiger partial charge in [-0.3, -0.25) is 0 Å². The van der Waals surface area contributed by atoms with Crippen molar-refractivity contribution >= 4 is 47.8 Å². The molecule has 0 rings (SSSR count). The molecule has 0 aromatic heterocycles. The molecule has 0 saturated heterocycles. The Labute approximate surface area is 204 Å². The van der Waals surface area contributed by atoms with E-state index in [1.165, 1.54) is 0 Å². The second kappa shape index (κ2) is 11.9. The Morgan fingerprint density at radius 1 is 0.500 bits per heavy atom. The van der Waals surface area contributed by atoms with E-state index in [1.54, 1.807) is 0 Å². The number of hydrogen-bond acceptors (Lipinski definition) is 6. The molecule has 0 saturated carbocycles. The predicted molar refractivity (Wildman–Crippen MR) is 151 cm³/mol. The lowest BCUT2D eigenvalue weighted by Gasteiger charge is -2.43. The summed E-state index contributed by atoms with van der Waals surface area (Å²) in [6, 6.07) is 0. The van der Waals surface area contributed by atoms with Crippen molar-refractivity contribution in [2.45, 2.75) is 130 Å². The maximum absolute atomic E-state index is 6.81. The lowest BCUT2D eigenvalue weighted by Crippen LogP contribution is -2.58. The minimum atomic E-state index is -1.94.